The van der Waals surface area contributed by atoms with Gasteiger partial charge in [0.1, 0.15) is 5.03 Å². The van der Waals surface area contributed by atoms with Crippen LogP contribution in [0.5, 0.6) is 0 Å². The van der Waals surface area contributed by atoms with Crippen LogP contribution < -0.4 is 0 Å². The molecule has 1 aromatic heterocycles. The minimum atomic E-state index is 0.704. The van der Waals surface area contributed by atoms with Gasteiger partial charge in [0.2, 0.25) is 0 Å². The zero-order valence-electron chi connectivity index (χ0n) is 12.1. The normalized spacial score (nSPS) is 10.7. The molecule has 116 valence electrons. The molecule has 0 amide bonds. The van der Waals surface area contributed by atoms with Gasteiger partial charge in [0.15, 0.2) is 0 Å². The van der Waals surface area contributed by atoms with Gasteiger partial charge in [-0.3, -0.25) is 0 Å². The number of pyridine rings is 1. The number of halogens is 2. The van der Waals surface area contributed by atoms with E-state index < -0.39 is 0 Å². The van der Waals surface area contributed by atoms with Gasteiger partial charge in [-0.1, -0.05) is 53.2 Å². The summed E-state index contributed by atoms with van der Waals surface area (Å²) in [6, 6.07) is 20.0. The van der Waals surface area contributed by atoms with Crippen LogP contribution in [0.25, 0.3) is 0 Å². The molecule has 0 atom stereocenters. The summed E-state index contributed by atoms with van der Waals surface area (Å²) in [5.74, 6) is 0.894. The molecule has 0 saturated carbocycles. The average molecular weight is 378 g/mol. The second kappa shape index (κ2) is 8.11. The summed E-state index contributed by atoms with van der Waals surface area (Å²) in [5, 5.41) is 2.37. The molecule has 0 aliphatic heterocycles. The Morgan fingerprint density at radius 2 is 1.65 bits per heavy atom. The molecule has 0 aliphatic rings. The van der Waals surface area contributed by atoms with Crippen LogP contribution in [0.4, 0.5) is 0 Å². The van der Waals surface area contributed by atoms with Gasteiger partial charge in [-0.05, 0) is 48.0 Å². The Bertz CT molecular complexity index is 791. The van der Waals surface area contributed by atoms with Crippen LogP contribution in [0.2, 0.25) is 10.0 Å². The Hall–Kier alpha value is -1.13. The summed E-state index contributed by atoms with van der Waals surface area (Å²) in [6.07, 6.45) is 1.73. The SMILES string of the molecule is Clc1ccc(SCc2ccccc2Sc2cc(Cl)ccn2)cc1. The fourth-order valence-corrected chi connectivity index (χ4v) is 4.26. The predicted octanol–water partition coefficient (Wildman–Crippen LogP) is 6.83. The van der Waals surface area contributed by atoms with E-state index in [4.69, 9.17) is 23.2 Å². The molecule has 1 nitrogen and oxygen atoms in total. The first-order valence-electron chi connectivity index (χ1n) is 6.96. The van der Waals surface area contributed by atoms with Crippen molar-refractivity contribution in [3.05, 3.63) is 82.5 Å². The van der Waals surface area contributed by atoms with Crippen molar-refractivity contribution in [3.8, 4) is 0 Å². The van der Waals surface area contributed by atoms with Gasteiger partial charge in [0, 0.05) is 31.8 Å². The Balaban J connectivity index is 1.74. The average Bonchev–Trinajstić information content (AvgIpc) is 2.56. The van der Waals surface area contributed by atoms with E-state index >= 15 is 0 Å². The monoisotopic (exact) mass is 377 g/mol. The maximum atomic E-state index is 6.04. The van der Waals surface area contributed by atoms with Crippen LogP contribution >= 0.6 is 46.7 Å². The van der Waals surface area contributed by atoms with E-state index in [9.17, 15) is 0 Å². The Kier molecular flexibility index (Phi) is 5.90. The lowest BCUT2D eigenvalue weighted by Crippen LogP contribution is -1.87. The minimum Gasteiger partial charge on any atom is -0.249 e. The van der Waals surface area contributed by atoms with Crippen LogP contribution in [-0.2, 0) is 5.75 Å². The van der Waals surface area contributed by atoms with Crippen molar-refractivity contribution in [2.45, 2.75) is 20.6 Å². The summed E-state index contributed by atoms with van der Waals surface area (Å²) in [7, 11) is 0. The van der Waals surface area contributed by atoms with Crippen LogP contribution in [0.15, 0.2) is 81.7 Å². The van der Waals surface area contributed by atoms with Crippen molar-refractivity contribution in [1.29, 1.82) is 0 Å². The highest BCUT2D eigenvalue weighted by Gasteiger charge is 2.06. The Morgan fingerprint density at radius 1 is 0.870 bits per heavy atom. The number of thioether (sulfide) groups is 1. The molecule has 0 N–H and O–H groups in total. The molecule has 0 bridgehead atoms. The zero-order valence-corrected chi connectivity index (χ0v) is 15.2. The first-order chi connectivity index (χ1) is 11.2. The topological polar surface area (TPSA) is 12.9 Å². The lowest BCUT2D eigenvalue weighted by Gasteiger charge is -2.09. The molecule has 0 unspecified atom stereocenters. The molecule has 0 aliphatic carbocycles. The smallest absolute Gasteiger partial charge is 0.102 e. The van der Waals surface area contributed by atoms with Gasteiger partial charge in [0.25, 0.3) is 0 Å². The number of hydrogen-bond acceptors (Lipinski definition) is 3. The summed E-state index contributed by atoms with van der Waals surface area (Å²) in [4.78, 5) is 6.76. The van der Waals surface area contributed by atoms with E-state index in [1.54, 1.807) is 35.8 Å². The van der Waals surface area contributed by atoms with Gasteiger partial charge in [-0.15, -0.1) is 11.8 Å². The molecule has 23 heavy (non-hydrogen) atoms. The highest BCUT2D eigenvalue weighted by atomic mass is 35.5. The van der Waals surface area contributed by atoms with Crippen LogP contribution in [0.1, 0.15) is 5.56 Å². The van der Waals surface area contributed by atoms with Crippen LogP contribution in [0, 0.1) is 0 Å². The van der Waals surface area contributed by atoms with Crippen molar-refractivity contribution >= 4 is 46.7 Å². The molecule has 5 heteroatoms. The van der Waals surface area contributed by atoms with Crippen molar-refractivity contribution in [2.24, 2.45) is 0 Å². The van der Waals surface area contributed by atoms with E-state index in [2.05, 4.69) is 23.2 Å². The summed E-state index contributed by atoms with van der Waals surface area (Å²) in [6.45, 7) is 0. The van der Waals surface area contributed by atoms with Gasteiger partial charge in [0.05, 0.1) is 0 Å². The van der Waals surface area contributed by atoms with E-state index in [1.807, 2.05) is 36.4 Å². The molecular weight excluding hydrogens is 365 g/mol. The number of aromatic nitrogens is 1. The quantitative estimate of drug-likeness (QED) is 0.452. The Morgan fingerprint density at radius 3 is 2.43 bits per heavy atom. The molecule has 3 aromatic rings. The molecule has 1 heterocycles. The minimum absolute atomic E-state index is 0.704. The second-order valence-electron chi connectivity index (χ2n) is 4.76. The molecular formula is C18H13Cl2NS2. The molecule has 2 aromatic carbocycles. The van der Waals surface area contributed by atoms with E-state index in [0.29, 0.717) is 5.02 Å². The second-order valence-corrected chi connectivity index (χ2v) is 7.75. The number of rotatable bonds is 5. The third-order valence-corrected chi connectivity index (χ3v) is 5.69. The summed E-state index contributed by atoms with van der Waals surface area (Å²) < 4.78 is 0. The van der Waals surface area contributed by atoms with Crippen molar-refractivity contribution < 1.29 is 0 Å². The largest absolute Gasteiger partial charge is 0.249 e. The molecule has 0 spiro atoms. The fraction of sp³-hybridized carbons (Fsp3) is 0.0556. The summed E-state index contributed by atoms with van der Waals surface area (Å²) >= 11 is 15.4. The van der Waals surface area contributed by atoms with Gasteiger partial charge >= 0.3 is 0 Å². The third kappa shape index (κ3) is 4.92. The van der Waals surface area contributed by atoms with Gasteiger partial charge < -0.3 is 0 Å². The third-order valence-electron chi connectivity index (χ3n) is 3.09. The highest BCUT2D eigenvalue weighted by molar-refractivity contribution is 8.00. The molecule has 0 radical (unpaired) electrons. The van der Waals surface area contributed by atoms with Crippen molar-refractivity contribution in [1.82, 2.24) is 4.98 Å². The highest BCUT2D eigenvalue weighted by Crippen LogP contribution is 2.33. The molecule has 0 fully saturated rings. The zero-order chi connectivity index (χ0) is 16.1. The Labute approximate surface area is 154 Å². The maximum Gasteiger partial charge on any atom is 0.102 e. The molecule has 3 rings (SSSR count). The predicted molar refractivity (Wildman–Crippen MR) is 101 cm³/mol. The standard InChI is InChI=1S/C18H13Cl2NS2/c19-14-5-7-16(8-6-14)22-12-13-3-1-2-4-17(13)23-18-11-15(20)9-10-21-18/h1-11H,12H2. The maximum absolute atomic E-state index is 6.04. The first-order valence-corrected chi connectivity index (χ1v) is 9.52. The molecule has 0 saturated heterocycles. The van der Waals surface area contributed by atoms with Gasteiger partial charge in [-0.25, -0.2) is 4.98 Å². The number of benzene rings is 2. The van der Waals surface area contributed by atoms with E-state index in [1.165, 1.54) is 15.4 Å². The summed E-state index contributed by atoms with van der Waals surface area (Å²) in [5.41, 5.74) is 1.28. The van der Waals surface area contributed by atoms with Crippen LogP contribution in [0.3, 0.4) is 0 Å². The van der Waals surface area contributed by atoms with Crippen LogP contribution in [-0.4, -0.2) is 4.98 Å². The van der Waals surface area contributed by atoms with E-state index in [0.717, 1.165) is 15.8 Å². The fourth-order valence-electron chi connectivity index (χ4n) is 1.97. The first kappa shape index (κ1) is 16.7. The van der Waals surface area contributed by atoms with Gasteiger partial charge in [-0.2, -0.15) is 0 Å². The number of nitrogens with zero attached hydrogens (tertiary/aromatic N) is 1. The lowest BCUT2D eigenvalue weighted by atomic mass is 10.2. The van der Waals surface area contributed by atoms with E-state index in [-0.39, 0.29) is 0 Å². The van der Waals surface area contributed by atoms with Crippen molar-refractivity contribution in [2.75, 3.05) is 0 Å². The number of hydrogen-bond donors (Lipinski definition) is 0. The lowest BCUT2D eigenvalue weighted by molar-refractivity contribution is 1.13. The van der Waals surface area contributed by atoms with Crippen molar-refractivity contribution in [3.63, 3.8) is 0 Å².